The summed E-state index contributed by atoms with van der Waals surface area (Å²) in [6, 6.07) is 27.2. The second kappa shape index (κ2) is 9.53. The van der Waals surface area contributed by atoms with Crippen LogP contribution in [0.1, 0.15) is 40.9 Å². The van der Waals surface area contributed by atoms with Crippen molar-refractivity contribution in [2.45, 2.75) is 25.9 Å². The van der Waals surface area contributed by atoms with E-state index in [0.29, 0.717) is 16.8 Å². The van der Waals surface area contributed by atoms with Gasteiger partial charge in [0.05, 0.1) is 36.9 Å². The van der Waals surface area contributed by atoms with Gasteiger partial charge in [0.1, 0.15) is 6.54 Å². The van der Waals surface area contributed by atoms with Crippen molar-refractivity contribution in [1.29, 1.82) is 0 Å². The maximum Gasteiger partial charge on any atom is 0.253 e. The number of aromatic nitrogens is 1. The van der Waals surface area contributed by atoms with Gasteiger partial charge in [0.2, 0.25) is 0 Å². The predicted octanol–water partition coefficient (Wildman–Crippen LogP) is 5.86. The molecule has 33 heavy (non-hydrogen) atoms. The van der Waals surface area contributed by atoms with E-state index < -0.39 is 4.65 Å². The molecule has 0 aliphatic heterocycles. The third kappa shape index (κ3) is 5.11. The smallest absolute Gasteiger partial charge is 0.253 e. The summed E-state index contributed by atoms with van der Waals surface area (Å²) in [6.45, 7) is 2.18. The number of nitrogens with zero attached hydrogens (tertiary/aromatic N) is 2. The zero-order valence-electron chi connectivity index (χ0n) is 19.3. The lowest BCUT2D eigenvalue weighted by atomic mass is 9.95. The van der Waals surface area contributed by atoms with Crippen LogP contribution in [0.3, 0.4) is 0 Å². The molecule has 0 saturated heterocycles. The molecular weight excluding hydrogens is 410 g/mol. The van der Waals surface area contributed by atoms with Crippen LogP contribution in [0.25, 0.3) is 22.2 Å². The van der Waals surface area contributed by atoms with Crippen LogP contribution in [0.4, 0.5) is 0 Å². The Balaban J connectivity index is 1.91. The summed E-state index contributed by atoms with van der Waals surface area (Å²) in [5.74, 6) is -0.190. The Morgan fingerprint density at radius 1 is 0.939 bits per heavy atom. The van der Waals surface area contributed by atoms with Gasteiger partial charge in [-0.05, 0) is 18.1 Å². The normalized spacial score (nSPS) is 12.5. The molecule has 5 nitrogen and oxygen atoms in total. The first kappa shape index (κ1) is 22.6. The van der Waals surface area contributed by atoms with Gasteiger partial charge < -0.3 is 15.2 Å². The van der Waals surface area contributed by atoms with E-state index in [1.807, 2.05) is 84.9 Å². The summed E-state index contributed by atoms with van der Waals surface area (Å²) in [5.41, 5.74) is 4.53. The van der Waals surface area contributed by atoms with E-state index >= 15 is 0 Å². The first-order valence-electron chi connectivity index (χ1n) is 11.2. The quantitative estimate of drug-likeness (QED) is 0.290. The van der Waals surface area contributed by atoms with Crippen molar-refractivity contribution in [3.63, 3.8) is 0 Å². The molecule has 1 N–H and O–H groups in total. The second-order valence-electron chi connectivity index (χ2n) is 8.77. The molecule has 4 aromatic rings. The van der Waals surface area contributed by atoms with E-state index in [4.69, 9.17) is 4.98 Å². The van der Waals surface area contributed by atoms with E-state index in [9.17, 15) is 10.0 Å². The summed E-state index contributed by atoms with van der Waals surface area (Å²) in [6.07, 6.45) is 0.753. The van der Waals surface area contributed by atoms with E-state index in [1.165, 1.54) is 0 Å². The van der Waals surface area contributed by atoms with Gasteiger partial charge in [0, 0.05) is 16.5 Å². The monoisotopic (exact) mass is 439 g/mol. The van der Waals surface area contributed by atoms with Gasteiger partial charge in [-0.2, -0.15) is 0 Å². The van der Waals surface area contributed by atoms with Crippen LogP contribution in [-0.4, -0.2) is 29.6 Å². The molecule has 1 amide bonds. The number of nitrogens with one attached hydrogen (secondary N) is 1. The summed E-state index contributed by atoms with van der Waals surface area (Å²) >= 11 is 0. The number of hydroxylamine groups is 3. The number of para-hydroxylation sites is 1. The fourth-order valence-electron chi connectivity index (χ4n) is 4.22. The number of hydrogen-bond donors (Lipinski definition) is 1. The maximum atomic E-state index is 13.8. The Hall–Kier alpha value is -3.54. The number of amides is 1. The van der Waals surface area contributed by atoms with Crippen LogP contribution >= 0.6 is 0 Å². The van der Waals surface area contributed by atoms with Crippen molar-refractivity contribution in [2.75, 3.05) is 14.1 Å². The minimum absolute atomic E-state index is 0.131. The van der Waals surface area contributed by atoms with Gasteiger partial charge in [-0.15, -0.1) is 0 Å². The van der Waals surface area contributed by atoms with E-state index in [1.54, 1.807) is 14.1 Å². The zero-order chi connectivity index (χ0) is 23.4. The minimum atomic E-state index is -0.559. The lowest BCUT2D eigenvalue weighted by molar-refractivity contribution is -0.853. The van der Waals surface area contributed by atoms with Crippen molar-refractivity contribution in [3.05, 3.63) is 107 Å². The third-order valence-electron chi connectivity index (χ3n) is 5.72. The molecule has 0 fully saturated rings. The maximum absolute atomic E-state index is 13.8. The van der Waals surface area contributed by atoms with E-state index in [-0.39, 0.29) is 18.5 Å². The van der Waals surface area contributed by atoms with Gasteiger partial charge in [-0.3, -0.25) is 4.79 Å². The number of fused-ring (bicyclic) bond motifs is 1. The van der Waals surface area contributed by atoms with Gasteiger partial charge in [0.25, 0.3) is 5.91 Å². The number of carbonyl (C=O) groups excluding carboxylic acids is 1. The van der Waals surface area contributed by atoms with Gasteiger partial charge in [-0.1, -0.05) is 85.8 Å². The van der Waals surface area contributed by atoms with Crippen molar-refractivity contribution >= 4 is 16.8 Å². The Bertz CT molecular complexity index is 1250. The van der Waals surface area contributed by atoms with Crippen LogP contribution in [0.5, 0.6) is 0 Å². The molecule has 0 bridgehead atoms. The highest BCUT2D eigenvalue weighted by atomic mass is 16.5. The van der Waals surface area contributed by atoms with Crippen LogP contribution in [0, 0.1) is 5.21 Å². The molecule has 0 saturated carbocycles. The molecule has 1 aromatic heterocycles. The van der Waals surface area contributed by atoms with Gasteiger partial charge in [-0.25, -0.2) is 4.98 Å². The molecule has 3 aromatic carbocycles. The van der Waals surface area contributed by atoms with Crippen molar-refractivity contribution < 1.29 is 9.44 Å². The van der Waals surface area contributed by atoms with Crippen LogP contribution in [-0.2, 0) is 6.54 Å². The summed E-state index contributed by atoms with van der Waals surface area (Å²) in [7, 11) is 3.18. The van der Waals surface area contributed by atoms with Crippen molar-refractivity contribution in [3.8, 4) is 11.3 Å². The number of rotatable bonds is 7. The molecule has 0 aliphatic rings. The second-order valence-corrected chi connectivity index (χ2v) is 8.77. The molecule has 0 spiro atoms. The molecule has 1 atom stereocenters. The Morgan fingerprint density at radius 2 is 1.55 bits per heavy atom. The zero-order valence-corrected chi connectivity index (χ0v) is 19.3. The average Bonchev–Trinajstić information content (AvgIpc) is 2.82. The first-order chi connectivity index (χ1) is 15.9. The molecule has 0 radical (unpaired) electrons. The molecule has 4 rings (SSSR count). The summed E-state index contributed by atoms with van der Waals surface area (Å²) in [5, 5.41) is 16.8. The van der Waals surface area contributed by atoms with E-state index in [0.717, 1.165) is 28.5 Å². The summed E-state index contributed by atoms with van der Waals surface area (Å²) < 4.78 is -0.559. The number of carbonyl (C=O) groups is 1. The molecule has 5 heteroatoms. The van der Waals surface area contributed by atoms with E-state index in [2.05, 4.69) is 12.2 Å². The number of pyridine rings is 1. The average molecular weight is 440 g/mol. The standard InChI is InChI=1S/C28H29N3O2/c1-4-24(20-13-7-5-8-14-20)30-28(32)26-22-17-11-12-18-25(22)29-27(21-15-9-6-10-16-21)23(26)19-31(2,3)33/h5-18,24H,4,19H2,1-3H3,(H,30,32)/t24-/m0/s1. The van der Waals surface area contributed by atoms with Gasteiger partial charge >= 0.3 is 0 Å². The lowest BCUT2D eigenvalue weighted by Gasteiger charge is -2.35. The van der Waals surface area contributed by atoms with Crippen molar-refractivity contribution in [1.82, 2.24) is 10.3 Å². The highest BCUT2D eigenvalue weighted by Crippen LogP contribution is 2.32. The molecule has 0 aliphatic carbocycles. The lowest BCUT2D eigenvalue weighted by Crippen LogP contribution is -2.34. The fraction of sp³-hybridized carbons (Fsp3) is 0.214. The van der Waals surface area contributed by atoms with Crippen molar-refractivity contribution in [2.24, 2.45) is 0 Å². The van der Waals surface area contributed by atoms with Crippen LogP contribution in [0.2, 0.25) is 0 Å². The first-order valence-corrected chi connectivity index (χ1v) is 11.2. The minimum Gasteiger partial charge on any atom is -0.633 e. The number of hydrogen-bond acceptors (Lipinski definition) is 3. The Kier molecular flexibility index (Phi) is 6.54. The predicted molar refractivity (Wildman–Crippen MR) is 133 cm³/mol. The van der Waals surface area contributed by atoms with Crippen LogP contribution in [0.15, 0.2) is 84.9 Å². The SMILES string of the molecule is CC[C@H](NC(=O)c1c(C[N+](C)(C)[O-])c(-c2ccccc2)nc2ccccc12)c1ccccc1. The molecule has 0 unspecified atom stereocenters. The number of benzene rings is 3. The Morgan fingerprint density at radius 3 is 2.18 bits per heavy atom. The molecule has 168 valence electrons. The number of quaternary nitrogens is 1. The topological polar surface area (TPSA) is 65.0 Å². The third-order valence-corrected chi connectivity index (χ3v) is 5.72. The molecular formula is C28H29N3O2. The fourth-order valence-corrected chi connectivity index (χ4v) is 4.22. The highest BCUT2D eigenvalue weighted by Gasteiger charge is 2.26. The molecule has 1 heterocycles. The largest absolute Gasteiger partial charge is 0.633 e. The van der Waals surface area contributed by atoms with Gasteiger partial charge in [0.15, 0.2) is 0 Å². The van der Waals surface area contributed by atoms with Crippen LogP contribution < -0.4 is 5.32 Å². The highest BCUT2D eigenvalue weighted by molar-refractivity contribution is 6.09. The summed E-state index contributed by atoms with van der Waals surface area (Å²) in [4.78, 5) is 18.7. The Labute approximate surface area is 194 Å².